The van der Waals surface area contributed by atoms with E-state index in [-0.39, 0.29) is 29.0 Å². The number of ketones is 1. The van der Waals surface area contributed by atoms with Gasteiger partial charge in [0.2, 0.25) is 5.78 Å². The lowest BCUT2D eigenvalue weighted by molar-refractivity contribution is -0.607. The van der Waals surface area contributed by atoms with E-state index >= 15 is 0 Å². The van der Waals surface area contributed by atoms with Crippen molar-refractivity contribution >= 4 is 22.8 Å². The van der Waals surface area contributed by atoms with Crippen molar-refractivity contribution in [3.05, 3.63) is 118 Å². The van der Waals surface area contributed by atoms with E-state index in [0.717, 1.165) is 5.56 Å². The SMILES string of the molecule is O=C(C[C@H](/C=C/c1ccccc1)c1c(O)c2ccccc2oc1=O)c1cccc[n+]1[O-]. The molecule has 0 aliphatic carbocycles. The van der Waals surface area contributed by atoms with Gasteiger partial charge >= 0.3 is 5.63 Å². The number of Topliss-reactive ketones (excluding diaryl/α,β-unsaturated/α-hetero) is 1. The molecule has 2 heterocycles. The van der Waals surface area contributed by atoms with Gasteiger partial charge < -0.3 is 14.7 Å². The van der Waals surface area contributed by atoms with E-state index in [1.807, 2.05) is 30.3 Å². The van der Waals surface area contributed by atoms with E-state index in [1.54, 1.807) is 42.5 Å². The third-order valence-corrected chi connectivity index (χ3v) is 5.03. The first kappa shape index (κ1) is 20.1. The third-order valence-electron chi connectivity index (χ3n) is 5.03. The van der Waals surface area contributed by atoms with Crippen LogP contribution in [-0.4, -0.2) is 10.9 Å². The predicted molar refractivity (Wildman–Crippen MR) is 117 cm³/mol. The maximum Gasteiger partial charge on any atom is 0.343 e. The van der Waals surface area contributed by atoms with Crippen LogP contribution in [-0.2, 0) is 0 Å². The van der Waals surface area contributed by atoms with Crippen LogP contribution in [0.3, 0.4) is 0 Å². The third kappa shape index (κ3) is 4.23. The van der Waals surface area contributed by atoms with E-state index in [2.05, 4.69) is 0 Å². The van der Waals surface area contributed by atoms with Gasteiger partial charge in [-0.05, 0) is 23.8 Å². The number of rotatable bonds is 6. The quantitative estimate of drug-likeness (QED) is 0.221. The Hall–Kier alpha value is -4.19. The van der Waals surface area contributed by atoms with Gasteiger partial charge in [0.05, 0.1) is 10.9 Å². The van der Waals surface area contributed by atoms with Gasteiger partial charge in [-0.25, -0.2) is 4.79 Å². The fraction of sp³-hybridized carbons (Fsp3) is 0.0800. The minimum atomic E-state index is -0.797. The lowest BCUT2D eigenvalue weighted by atomic mass is 9.91. The smallest absolute Gasteiger partial charge is 0.343 e. The van der Waals surface area contributed by atoms with Crippen LogP contribution in [0, 0.1) is 5.21 Å². The summed E-state index contributed by atoms with van der Waals surface area (Å²) in [5.74, 6) is -1.48. The number of hydrogen-bond acceptors (Lipinski definition) is 5. The predicted octanol–water partition coefficient (Wildman–Crippen LogP) is 4.20. The number of pyridine rings is 1. The number of nitrogens with zero attached hydrogens (tertiary/aromatic N) is 1. The van der Waals surface area contributed by atoms with Crippen LogP contribution < -0.4 is 10.4 Å². The molecule has 0 aliphatic heterocycles. The molecule has 1 N–H and O–H groups in total. The van der Waals surface area contributed by atoms with Crippen LogP contribution in [0.4, 0.5) is 0 Å². The molecule has 154 valence electrons. The Labute approximate surface area is 177 Å². The number of aromatic nitrogens is 1. The monoisotopic (exact) mass is 413 g/mol. The lowest BCUT2D eigenvalue weighted by Crippen LogP contribution is -2.34. The maximum absolute atomic E-state index is 12.9. The number of benzene rings is 2. The number of para-hydroxylation sites is 1. The summed E-state index contributed by atoms with van der Waals surface area (Å²) in [6.07, 6.45) is 4.49. The highest BCUT2D eigenvalue weighted by molar-refractivity contribution is 5.94. The Morgan fingerprint density at radius 1 is 1.03 bits per heavy atom. The summed E-state index contributed by atoms with van der Waals surface area (Å²) in [4.78, 5) is 25.6. The van der Waals surface area contributed by atoms with Crippen molar-refractivity contribution in [2.24, 2.45) is 0 Å². The largest absolute Gasteiger partial charge is 0.618 e. The second-order valence-corrected chi connectivity index (χ2v) is 7.06. The standard InChI is InChI=1S/C25H19NO5/c27-21(20-11-6-7-15-26(20)30)16-18(14-13-17-8-2-1-3-9-17)23-24(28)19-10-4-5-12-22(19)31-25(23)29/h1-15,18,28H,16H2/b14-13+/t18-/m0/s1. The van der Waals surface area contributed by atoms with Crippen LogP contribution in [0.25, 0.3) is 17.0 Å². The highest BCUT2D eigenvalue weighted by Crippen LogP contribution is 2.33. The molecule has 4 aromatic rings. The summed E-state index contributed by atoms with van der Waals surface area (Å²) < 4.78 is 5.88. The fourth-order valence-electron chi connectivity index (χ4n) is 3.48. The maximum atomic E-state index is 12.9. The zero-order valence-corrected chi connectivity index (χ0v) is 16.5. The summed E-state index contributed by atoms with van der Waals surface area (Å²) >= 11 is 0. The summed E-state index contributed by atoms with van der Waals surface area (Å²) in [6, 6.07) is 20.6. The average Bonchev–Trinajstić information content (AvgIpc) is 2.78. The van der Waals surface area contributed by atoms with Crippen LogP contribution in [0.15, 0.2) is 94.3 Å². The molecule has 0 unspecified atom stereocenters. The summed E-state index contributed by atoms with van der Waals surface area (Å²) in [5.41, 5.74) is 0.335. The van der Waals surface area contributed by atoms with E-state index in [4.69, 9.17) is 4.42 Å². The number of aromatic hydroxyl groups is 1. The first-order chi connectivity index (χ1) is 15.0. The normalized spacial score (nSPS) is 12.3. The van der Waals surface area contributed by atoms with Crippen LogP contribution in [0.2, 0.25) is 0 Å². The summed E-state index contributed by atoms with van der Waals surface area (Å²) in [5, 5.41) is 23.3. The molecule has 0 spiro atoms. The molecule has 0 radical (unpaired) electrons. The molecular formula is C25H19NO5. The lowest BCUT2D eigenvalue weighted by Gasteiger charge is -2.14. The first-order valence-corrected chi connectivity index (χ1v) is 9.74. The van der Waals surface area contributed by atoms with E-state index < -0.39 is 17.3 Å². The van der Waals surface area contributed by atoms with E-state index in [0.29, 0.717) is 10.1 Å². The molecule has 0 saturated heterocycles. The van der Waals surface area contributed by atoms with Gasteiger partial charge in [0, 0.05) is 24.5 Å². The van der Waals surface area contributed by atoms with Gasteiger partial charge in [-0.2, -0.15) is 4.73 Å². The average molecular weight is 413 g/mol. The molecule has 6 heteroatoms. The molecule has 0 saturated carbocycles. The molecule has 2 aromatic heterocycles. The number of allylic oxidation sites excluding steroid dienone is 1. The number of carbonyl (C=O) groups excluding carboxylic acids is 1. The zero-order chi connectivity index (χ0) is 21.8. The Balaban J connectivity index is 1.80. The van der Waals surface area contributed by atoms with Crippen molar-refractivity contribution in [1.82, 2.24) is 0 Å². The summed E-state index contributed by atoms with van der Waals surface area (Å²) in [6.45, 7) is 0. The van der Waals surface area contributed by atoms with Crippen molar-refractivity contribution in [1.29, 1.82) is 0 Å². The van der Waals surface area contributed by atoms with Crippen LogP contribution in [0.1, 0.15) is 34.0 Å². The molecule has 0 fully saturated rings. The van der Waals surface area contributed by atoms with Gasteiger partial charge in [-0.15, -0.1) is 0 Å². The molecule has 0 bridgehead atoms. The van der Waals surface area contributed by atoms with Gasteiger partial charge in [0.15, 0.2) is 6.20 Å². The van der Waals surface area contributed by atoms with E-state index in [1.165, 1.54) is 18.3 Å². The van der Waals surface area contributed by atoms with Gasteiger partial charge in [0.25, 0.3) is 5.69 Å². The topological polar surface area (TPSA) is 94.4 Å². The highest BCUT2D eigenvalue weighted by Gasteiger charge is 2.26. The molecule has 6 nitrogen and oxygen atoms in total. The Morgan fingerprint density at radius 3 is 2.52 bits per heavy atom. The van der Waals surface area contributed by atoms with Crippen LogP contribution in [0.5, 0.6) is 5.75 Å². The molecular weight excluding hydrogens is 394 g/mol. The van der Waals surface area contributed by atoms with E-state index in [9.17, 15) is 19.9 Å². The highest BCUT2D eigenvalue weighted by atomic mass is 16.5. The zero-order valence-electron chi connectivity index (χ0n) is 16.5. The molecule has 0 aliphatic rings. The second-order valence-electron chi connectivity index (χ2n) is 7.06. The van der Waals surface area contributed by atoms with Crippen molar-refractivity contribution in [3.63, 3.8) is 0 Å². The van der Waals surface area contributed by atoms with Crippen molar-refractivity contribution in [2.75, 3.05) is 0 Å². The Kier molecular flexibility index (Phi) is 5.62. The minimum absolute atomic E-state index is 0.0207. The Morgan fingerprint density at radius 2 is 1.74 bits per heavy atom. The molecule has 0 amide bonds. The van der Waals surface area contributed by atoms with Gasteiger partial charge in [-0.3, -0.25) is 4.79 Å². The van der Waals surface area contributed by atoms with Crippen LogP contribution >= 0.6 is 0 Å². The fourth-order valence-corrected chi connectivity index (χ4v) is 3.48. The molecule has 4 rings (SSSR count). The summed E-state index contributed by atoms with van der Waals surface area (Å²) in [7, 11) is 0. The number of hydrogen-bond donors (Lipinski definition) is 1. The number of carbonyl (C=O) groups is 1. The molecule has 2 aromatic carbocycles. The molecule has 31 heavy (non-hydrogen) atoms. The van der Waals surface area contributed by atoms with Gasteiger partial charge in [0.1, 0.15) is 11.3 Å². The first-order valence-electron chi connectivity index (χ1n) is 9.74. The van der Waals surface area contributed by atoms with Gasteiger partial charge in [-0.1, -0.05) is 54.6 Å². The second kappa shape index (κ2) is 8.67. The number of fused-ring (bicyclic) bond motifs is 1. The minimum Gasteiger partial charge on any atom is -0.618 e. The van der Waals surface area contributed by atoms with Crippen molar-refractivity contribution < 1.29 is 19.0 Å². The van der Waals surface area contributed by atoms with Crippen molar-refractivity contribution in [2.45, 2.75) is 12.3 Å². The molecule has 1 atom stereocenters. The van der Waals surface area contributed by atoms with Crippen molar-refractivity contribution in [3.8, 4) is 5.75 Å². The Bertz CT molecular complexity index is 1320.